The van der Waals surface area contributed by atoms with E-state index in [9.17, 15) is 0 Å². The number of nitrogens with zero attached hydrogens (tertiary/aromatic N) is 2. The second kappa shape index (κ2) is 6.68. The first-order chi connectivity index (χ1) is 9.49. The van der Waals surface area contributed by atoms with E-state index in [2.05, 4.69) is 10.1 Å². The standard InChI is InChI=1S/C15H27N3O2/c1-15(2,16)10-9-12-17-14(18-20-12)13(19-3)11-7-5-4-6-8-11/h11,13H,4-10,16H2,1-3H3. The zero-order chi connectivity index (χ0) is 14.6. The molecule has 1 aliphatic rings. The first-order valence-electron chi connectivity index (χ1n) is 7.64. The molecule has 0 spiro atoms. The summed E-state index contributed by atoms with van der Waals surface area (Å²) < 4.78 is 11.0. The van der Waals surface area contributed by atoms with Gasteiger partial charge in [0.05, 0.1) is 0 Å². The van der Waals surface area contributed by atoms with Gasteiger partial charge in [0.15, 0.2) is 0 Å². The molecule has 2 rings (SSSR count). The number of hydrogen-bond acceptors (Lipinski definition) is 5. The molecular formula is C15H27N3O2. The third-order valence-electron chi connectivity index (χ3n) is 4.05. The molecule has 1 fully saturated rings. The zero-order valence-electron chi connectivity index (χ0n) is 12.9. The summed E-state index contributed by atoms with van der Waals surface area (Å²) in [5.41, 5.74) is 5.77. The number of methoxy groups -OCH3 is 1. The van der Waals surface area contributed by atoms with Gasteiger partial charge in [0, 0.05) is 19.1 Å². The van der Waals surface area contributed by atoms with Crippen molar-refractivity contribution in [2.24, 2.45) is 11.7 Å². The van der Waals surface area contributed by atoms with E-state index in [4.69, 9.17) is 15.0 Å². The molecule has 0 radical (unpaired) electrons. The van der Waals surface area contributed by atoms with Crippen molar-refractivity contribution < 1.29 is 9.26 Å². The molecular weight excluding hydrogens is 254 g/mol. The molecule has 1 atom stereocenters. The Labute approximate surface area is 121 Å². The van der Waals surface area contributed by atoms with Crippen molar-refractivity contribution in [3.63, 3.8) is 0 Å². The van der Waals surface area contributed by atoms with Crippen LogP contribution >= 0.6 is 0 Å². The summed E-state index contributed by atoms with van der Waals surface area (Å²) in [5.74, 6) is 1.88. The molecule has 1 saturated carbocycles. The first-order valence-corrected chi connectivity index (χ1v) is 7.64. The highest BCUT2D eigenvalue weighted by atomic mass is 16.5. The smallest absolute Gasteiger partial charge is 0.226 e. The Kier molecular flexibility index (Phi) is 5.16. The number of nitrogens with two attached hydrogens (primary N) is 1. The lowest BCUT2D eigenvalue weighted by Gasteiger charge is -2.26. The second-order valence-corrected chi connectivity index (χ2v) is 6.59. The molecule has 5 nitrogen and oxygen atoms in total. The lowest BCUT2D eigenvalue weighted by atomic mass is 9.85. The normalized spacial score (nSPS) is 19.2. The van der Waals surface area contributed by atoms with Crippen LogP contribution in [0.25, 0.3) is 0 Å². The Morgan fingerprint density at radius 1 is 1.35 bits per heavy atom. The average Bonchev–Trinajstić information content (AvgIpc) is 2.87. The topological polar surface area (TPSA) is 74.2 Å². The highest BCUT2D eigenvalue weighted by molar-refractivity contribution is 4.95. The van der Waals surface area contributed by atoms with Gasteiger partial charge in [0.25, 0.3) is 0 Å². The molecule has 0 aromatic carbocycles. The van der Waals surface area contributed by atoms with E-state index in [0.29, 0.717) is 17.6 Å². The fraction of sp³-hybridized carbons (Fsp3) is 0.867. The van der Waals surface area contributed by atoms with Crippen LogP contribution < -0.4 is 5.73 Å². The molecule has 20 heavy (non-hydrogen) atoms. The summed E-state index contributed by atoms with van der Waals surface area (Å²) >= 11 is 0. The van der Waals surface area contributed by atoms with Crippen molar-refractivity contribution in [2.75, 3.05) is 7.11 Å². The van der Waals surface area contributed by atoms with Gasteiger partial charge in [-0.1, -0.05) is 24.4 Å². The van der Waals surface area contributed by atoms with Gasteiger partial charge in [0.2, 0.25) is 11.7 Å². The SMILES string of the molecule is COC(c1noc(CCC(C)(C)N)n1)C1CCCCC1. The van der Waals surface area contributed by atoms with Crippen molar-refractivity contribution in [3.8, 4) is 0 Å². The minimum Gasteiger partial charge on any atom is -0.373 e. The largest absolute Gasteiger partial charge is 0.373 e. The fourth-order valence-corrected chi connectivity index (χ4v) is 2.86. The van der Waals surface area contributed by atoms with E-state index >= 15 is 0 Å². The Balaban J connectivity index is 1.98. The van der Waals surface area contributed by atoms with Crippen LogP contribution in [0.3, 0.4) is 0 Å². The lowest BCUT2D eigenvalue weighted by Crippen LogP contribution is -2.32. The number of ether oxygens (including phenoxy) is 1. The van der Waals surface area contributed by atoms with E-state index in [-0.39, 0.29) is 11.6 Å². The molecule has 114 valence electrons. The van der Waals surface area contributed by atoms with Crippen LogP contribution in [-0.4, -0.2) is 22.8 Å². The van der Waals surface area contributed by atoms with Gasteiger partial charge in [-0.2, -0.15) is 4.98 Å². The average molecular weight is 281 g/mol. The van der Waals surface area contributed by atoms with E-state index in [1.54, 1.807) is 7.11 Å². The molecule has 0 saturated heterocycles. The molecule has 2 N–H and O–H groups in total. The van der Waals surface area contributed by atoms with E-state index in [0.717, 1.165) is 12.8 Å². The van der Waals surface area contributed by atoms with Crippen molar-refractivity contribution in [3.05, 3.63) is 11.7 Å². The lowest BCUT2D eigenvalue weighted by molar-refractivity contribution is 0.0273. The molecule has 0 amide bonds. The van der Waals surface area contributed by atoms with Crippen molar-refractivity contribution in [2.45, 2.75) is 70.4 Å². The van der Waals surface area contributed by atoms with Gasteiger partial charge in [-0.25, -0.2) is 0 Å². The summed E-state index contributed by atoms with van der Waals surface area (Å²) in [4.78, 5) is 4.50. The predicted octanol–water partition coefficient (Wildman–Crippen LogP) is 3.01. The van der Waals surface area contributed by atoms with Gasteiger partial charge >= 0.3 is 0 Å². The molecule has 1 aliphatic carbocycles. The van der Waals surface area contributed by atoms with Crippen LogP contribution in [-0.2, 0) is 11.2 Å². The predicted molar refractivity (Wildman–Crippen MR) is 77.2 cm³/mol. The van der Waals surface area contributed by atoms with E-state index < -0.39 is 0 Å². The maximum atomic E-state index is 5.98. The maximum Gasteiger partial charge on any atom is 0.226 e. The third kappa shape index (κ3) is 4.28. The minimum absolute atomic E-state index is 0.0290. The van der Waals surface area contributed by atoms with Gasteiger partial charge in [-0.3, -0.25) is 0 Å². The number of aryl methyl sites for hydroxylation is 1. The van der Waals surface area contributed by atoms with Crippen LogP contribution in [0.15, 0.2) is 4.52 Å². The van der Waals surface area contributed by atoms with Crippen LogP contribution in [0.1, 0.15) is 70.2 Å². The minimum atomic E-state index is -0.210. The van der Waals surface area contributed by atoms with Crippen LogP contribution in [0.5, 0.6) is 0 Å². The van der Waals surface area contributed by atoms with Gasteiger partial charge < -0.3 is 15.0 Å². The number of rotatable bonds is 6. The molecule has 1 heterocycles. The molecule has 1 unspecified atom stereocenters. The monoisotopic (exact) mass is 281 g/mol. The Morgan fingerprint density at radius 2 is 2.05 bits per heavy atom. The molecule has 0 aliphatic heterocycles. The summed E-state index contributed by atoms with van der Waals surface area (Å²) in [6, 6.07) is 0. The summed E-state index contributed by atoms with van der Waals surface area (Å²) in [7, 11) is 1.73. The second-order valence-electron chi connectivity index (χ2n) is 6.59. The van der Waals surface area contributed by atoms with Gasteiger partial charge in [-0.15, -0.1) is 0 Å². The van der Waals surface area contributed by atoms with Crippen molar-refractivity contribution in [1.29, 1.82) is 0 Å². The molecule has 1 aromatic heterocycles. The Hall–Kier alpha value is -0.940. The quantitative estimate of drug-likeness (QED) is 0.867. The molecule has 0 bridgehead atoms. The fourth-order valence-electron chi connectivity index (χ4n) is 2.86. The zero-order valence-corrected chi connectivity index (χ0v) is 12.9. The third-order valence-corrected chi connectivity index (χ3v) is 4.05. The number of hydrogen-bond donors (Lipinski definition) is 1. The highest BCUT2D eigenvalue weighted by Crippen LogP contribution is 2.35. The van der Waals surface area contributed by atoms with Crippen LogP contribution in [0.4, 0.5) is 0 Å². The molecule has 5 heteroatoms. The Bertz CT molecular complexity index is 405. The summed E-state index contributed by atoms with van der Waals surface area (Å²) in [6.07, 6.45) is 7.78. The van der Waals surface area contributed by atoms with Crippen LogP contribution in [0, 0.1) is 5.92 Å². The van der Waals surface area contributed by atoms with E-state index in [1.165, 1.54) is 32.1 Å². The summed E-state index contributed by atoms with van der Waals surface area (Å²) in [5, 5.41) is 4.11. The van der Waals surface area contributed by atoms with Crippen molar-refractivity contribution >= 4 is 0 Å². The number of aromatic nitrogens is 2. The van der Waals surface area contributed by atoms with Crippen LogP contribution in [0.2, 0.25) is 0 Å². The summed E-state index contributed by atoms with van der Waals surface area (Å²) in [6.45, 7) is 4.01. The van der Waals surface area contributed by atoms with Crippen molar-refractivity contribution in [1.82, 2.24) is 10.1 Å². The highest BCUT2D eigenvalue weighted by Gasteiger charge is 2.29. The first kappa shape index (κ1) is 15.4. The van der Waals surface area contributed by atoms with Gasteiger partial charge in [-0.05, 0) is 39.0 Å². The molecule has 1 aromatic rings. The Morgan fingerprint density at radius 3 is 2.65 bits per heavy atom. The van der Waals surface area contributed by atoms with Gasteiger partial charge in [0.1, 0.15) is 6.10 Å². The maximum absolute atomic E-state index is 5.98. The van der Waals surface area contributed by atoms with E-state index in [1.807, 2.05) is 13.8 Å².